The minimum Gasteiger partial charge on any atom is -0.340 e. The molecule has 0 saturated carbocycles. The van der Waals surface area contributed by atoms with Gasteiger partial charge in [-0.05, 0) is 29.8 Å². The first-order valence-electron chi connectivity index (χ1n) is 3.20. The fourth-order valence-corrected chi connectivity index (χ4v) is 0.963. The van der Waals surface area contributed by atoms with Gasteiger partial charge >= 0.3 is 0 Å². The maximum atomic E-state index is 12.2. The summed E-state index contributed by atoms with van der Waals surface area (Å²) < 4.78 is 12.2. The Bertz CT molecular complexity index is 114. The Morgan fingerprint density at radius 3 is 2.10 bits per heavy atom. The van der Waals surface area contributed by atoms with E-state index in [1.165, 1.54) is 4.90 Å². The summed E-state index contributed by atoms with van der Waals surface area (Å²) in [5, 5.41) is -1.55. The molecule has 0 aliphatic rings. The summed E-state index contributed by atoms with van der Waals surface area (Å²) in [6.45, 7) is 4.75. The third kappa shape index (κ3) is 2.64. The number of alkyl halides is 2. The number of nitrogens with zero attached hydrogens (tertiary/aromatic N) is 1. The summed E-state index contributed by atoms with van der Waals surface area (Å²) in [6, 6.07) is 0. The topological polar surface area (TPSA) is 20.3 Å². The van der Waals surface area contributed by atoms with Gasteiger partial charge in [-0.15, -0.1) is 0 Å². The average Bonchev–Trinajstić information content (AvgIpc) is 1.90. The van der Waals surface area contributed by atoms with Crippen LogP contribution in [0, 0.1) is 0 Å². The Balaban J connectivity index is 3.89. The number of carbonyl (C=O) groups excluding carboxylic acids is 1. The molecule has 2 nitrogen and oxygen atoms in total. The molecule has 0 aromatic heterocycles. The fourth-order valence-electron chi connectivity index (χ4n) is 0.673. The first kappa shape index (κ1) is 9.88. The van der Waals surface area contributed by atoms with Crippen LogP contribution in [0.4, 0.5) is 4.39 Å². The SMILES string of the molecule is CCN(CC)C(=O)C(F)Br. The van der Waals surface area contributed by atoms with Gasteiger partial charge in [0.05, 0.1) is 0 Å². The molecule has 0 heterocycles. The normalized spacial score (nSPS) is 12.8. The average molecular weight is 212 g/mol. The summed E-state index contributed by atoms with van der Waals surface area (Å²) in [7, 11) is 0. The highest BCUT2D eigenvalue weighted by Gasteiger charge is 2.17. The van der Waals surface area contributed by atoms with E-state index in [4.69, 9.17) is 0 Å². The van der Waals surface area contributed by atoms with Crippen molar-refractivity contribution in [1.82, 2.24) is 4.90 Å². The van der Waals surface area contributed by atoms with Gasteiger partial charge in [0.2, 0.25) is 5.08 Å². The van der Waals surface area contributed by atoms with Gasteiger partial charge in [-0.2, -0.15) is 0 Å². The van der Waals surface area contributed by atoms with Crippen LogP contribution < -0.4 is 0 Å². The zero-order valence-electron chi connectivity index (χ0n) is 6.10. The molecular weight excluding hydrogens is 201 g/mol. The molecule has 0 fully saturated rings. The van der Waals surface area contributed by atoms with E-state index in [1.54, 1.807) is 0 Å². The molecule has 0 spiro atoms. The number of amides is 1. The van der Waals surface area contributed by atoms with Gasteiger partial charge in [-0.3, -0.25) is 4.79 Å². The van der Waals surface area contributed by atoms with Crippen molar-refractivity contribution in [3.8, 4) is 0 Å². The van der Waals surface area contributed by atoms with Crippen molar-refractivity contribution in [3.05, 3.63) is 0 Å². The second kappa shape index (κ2) is 4.66. The lowest BCUT2D eigenvalue weighted by atomic mass is 10.5. The van der Waals surface area contributed by atoms with E-state index in [-0.39, 0.29) is 0 Å². The van der Waals surface area contributed by atoms with Gasteiger partial charge < -0.3 is 4.90 Å². The van der Waals surface area contributed by atoms with E-state index < -0.39 is 11.0 Å². The molecule has 10 heavy (non-hydrogen) atoms. The molecule has 0 radical (unpaired) electrons. The molecule has 0 saturated heterocycles. The van der Waals surface area contributed by atoms with Crippen LogP contribution in [-0.2, 0) is 4.79 Å². The van der Waals surface area contributed by atoms with Crippen LogP contribution in [0.3, 0.4) is 0 Å². The van der Waals surface area contributed by atoms with Crippen molar-refractivity contribution in [2.45, 2.75) is 18.9 Å². The molecule has 0 aliphatic heterocycles. The molecule has 60 valence electrons. The first-order chi connectivity index (χ1) is 4.63. The van der Waals surface area contributed by atoms with Gasteiger partial charge in [-0.25, -0.2) is 4.39 Å². The summed E-state index contributed by atoms with van der Waals surface area (Å²) in [4.78, 5) is 12.2. The van der Waals surface area contributed by atoms with E-state index in [0.717, 1.165) is 0 Å². The number of rotatable bonds is 3. The van der Waals surface area contributed by atoms with E-state index in [2.05, 4.69) is 15.9 Å². The van der Waals surface area contributed by atoms with Crippen LogP contribution in [0.15, 0.2) is 0 Å². The number of halogens is 2. The molecule has 1 amide bonds. The van der Waals surface area contributed by atoms with Crippen LogP contribution in [0.1, 0.15) is 13.8 Å². The summed E-state index contributed by atoms with van der Waals surface area (Å²) in [5.41, 5.74) is 0. The Labute approximate surface area is 68.5 Å². The molecule has 0 bridgehead atoms. The lowest BCUT2D eigenvalue weighted by molar-refractivity contribution is -0.132. The minimum atomic E-state index is -1.55. The fraction of sp³-hybridized carbons (Fsp3) is 0.833. The van der Waals surface area contributed by atoms with Crippen LogP contribution in [0.2, 0.25) is 0 Å². The summed E-state index contributed by atoms with van der Waals surface area (Å²) in [5.74, 6) is -0.495. The van der Waals surface area contributed by atoms with Gasteiger partial charge in [0.15, 0.2) is 0 Å². The van der Waals surface area contributed by atoms with Crippen molar-refractivity contribution >= 4 is 21.8 Å². The molecular formula is C6H11BrFNO. The third-order valence-electron chi connectivity index (χ3n) is 1.26. The third-order valence-corrected chi connectivity index (χ3v) is 1.65. The maximum absolute atomic E-state index is 12.2. The first-order valence-corrected chi connectivity index (χ1v) is 4.12. The van der Waals surface area contributed by atoms with Gasteiger partial charge in [0.1, 0.15) is 0 Å². The zero-order chi connectivity index (χ0) is 8.15. The molecule has 1 unspecified atom stereocenters. The Morgan fingerprint density at radius 1 is 1.60 bits per heavy atom. The molecule has 0 N–H and O–H groups in total. The molecule has 0 aliphatic carbocycles. The van der Waals surface area contributed by atoms with E-state index >= 15 is 0 Å². The second-order valence-electron chi connectivity index (χ2n) is 1.81. The van der Waals surface area contributed by atoms with E-state index in [9.17, 15) is 9.18 Å². The Hall–Kier alpha value is -0.120. The zero-order valence-corrected chi connectivity index (χ0v) is 7.69. The quantitative estimate of drug-likeness (QED) is 0.650. The van der Waals surface area contributed by atoms with Crippen molar-refractivity contribution in [2.75, 3.05) is 13.1 Å². The predicted molar refractivity (Wildman–Crippen MR) is 41.8 cm³/mol. The van der Waals surface area contributed by atoms with Gasteiger partial charge in [-0.1, -0.05) is 0 Å². The summed E-state index contributed by atoms with van der Waals surface area (Å²) >= 11 is 2.56. The molecule has 4 heteroatoms. The predicted octanol–water partition coefficient (Wildman–Crippen LogP) is 1.55. The second-order valence-corrected chi connectivity index (χ2v) is 2.62. The van der Waals surface area contributed by atoms with E-state index in [0.29, 0.717) is 13.1 Å². The monoisotopic (exact) mass is 211 g/mol. The van der Waals surface area contributed by atoms with Gasteiger partial charge in [0, 0.05) is 13.1 Å². The number of carbonyl (C=O) groups is 1. The smallest absolute Gasteiger partial charge is 0.268 e. The molecule has 0 aromatic carbocycles. The highest BCUT2D eigenvalue weighted by Crippen LogP contribution is 2.05. The Kier molecular flexibility index (Phi) is 4.60. The Morgan fingerprint density at radius 2 is 2.00 bits per heavy atom. The standard InChI is InChI=1S/C6H11BrFNO/c1-3-9(4-2)6(10)5(7)8/h5H,3-4H2,1-2H3. The number of hydrogen-bond acceptors (Lipinski definition) is 1. The van der Waals surface area contributed by atoms with Gasteiger partial charge in [0.25, 0.3) is 5.91 Å². The lowest BCUT2D eigenvalue weighted by Crippen LogP contribution is -2.34. The largest absolute Gasteiger partial charge is 0.340 e. The van der Waals surface area contributed by atoms with Crippen molar-refractivity contribution in [1.29, 1.82) is 0 Å². The van der Waals surface area contributed by atoms with Crippen LogP contribution in [-0.4, -0.2) is 29.0 Å². The van der Waals surface area contributed by atoms with Crippen molar-refractivity contribution < 1.29 is 9.18 Å². The van der Waals surface area contributed by atoms with Crippen LogP contribution in [0.25, 0.3) is 0 Å². The minimum absolute atomic E-state index is 0.495. The highest BCUT2D eigenvalue weighted by molar-refractivity contribution is 9.09. The maximum Gasteiger partial charge on any atom is 0.268 e. The van der Waals surface area contributed by atoms with Crippen molar-refractivity contribution in [3.63, 3.8) is 0 Å². The molecule has 0 aromatic rings. The summed E-state index contributed by atoms with van der Waals surface area (Å²) in [6.07, 6.45) is 0. The molecule has 1 atom stereocenters. The van der Waals surface area contributed by atoms with Crippen LogP contribution >= 0.6 is 15.9 Å². The highest BCUT2D eigenvalue weighted by atomic mass is 79.9. The van der Waals surface area contributed by atoms with Crippen LogP contribution in [0.5, 0.6) is 0 Å². The van der Waals surface area contributed by atoms with Crippen molar-refractivity contribution in [2.24, 2.45) is 0 Å². The molecule has 0 rings (SSSR count). The van der Waals surface area contributed by atoms with E-state index in [1.807, 2.05) is 13.8 Å². The number of hydrogen-bond donors (Lipinski definition) is 0. The lowest BCUT2D eigenvalue weighted by Gasteiger charge is -2.17.